The zero-order valence-electron chi connectivity index (χ0n) is 14.3. The lowest BCUT2D eigenvalue weighted by atomic mass is 9.95. The number of amides is 2. The number of likely N-dealkylation sites (tertiary alicyclic amines) is 1. The number of rotatable bonds is 3. The molecule has 3 heterocycles. The number of carbonyl (C=O) groups excluding carboxylic acids is 1. The van der Waals surface area contributed by atoms with Gasteiger partial charge in [0, 0.05) is 19.1 Å². The summed E-state index contributed by atoms with van der Waals surface area (Å²) >= 11 is 1.60. The Morgan fingerprint density at radius 3 is 2.92 bits per heavy atom. The lowest BCUT2D eigenvalue weighted by Crippen LogP contribution is -2.48. The van der Waals surface area contributed by atoms with Gasteiger partial charge in [0.1, 0.15) is 0 Å². The Kier molecular flexibility index (Phi) is 5.01. The summed E-state index contributed by atoms with van der Waals surface area (Å²) < 4.78 is 5.49. The van der Waals surface area contributed by atoms with Crippen LogP contribution in [0.25, 0.3) is 10.7 Å². The molecule has 0 unspecified atom stereocenters. The van der Waals surface area contributed by atoms with Gasteiger partial charge in [0.25, 0.3) is 0 Å². The number of urea groups is 1. The molecule has 1 saturated carbocycles. The molecular formula is C18H24N4O2S. The summed E-state index contributed by atoms with van der Waals surface area (Å²) in [6.45, 7) is 1.46. The van der Waals surface area contributed by atoms with Gasteiger partial charge in [0.05, 0.1) is 10.8 Å². The minimum atomic E-state index is 0.0644. The molecule has 6 nitrogen and oxygen atoms in total. The second-order valence-corrected chi connectivity index (χ2v) is 7.95. The quantitative estimate of drug-likeness (QED) is 0.897. The number of nitrogens with one attached hydrogen (secondary N) is 1. The van der Waals surface area contributed by atoms with Gasteiger partial charge >= 0.3 is 6.03 Å². The Hall–Kier alpha value is -1.89. The number of piperidine rings is 1. The largest absolute Gasteiger partial charge is 0.339 e. The Bertz CT molecular complexity index is 694. The molecule has 1 aliphatic carbocycles. The molecule has 25 heavy (non-hydrogen) atoms. The SMILES string of the molecule is O=C(NC1CCCCC1)N1CCC[C@@H](c2nc(-c3cccs3)no2)C1. The minimum absolute atomic E-state index is 0.0644. The van der Waals surface area contributed by atoms with Crippen molar-refractivity contribution in [3.8, 4) is 10.7 Å². The van der Waals surface area contributed by atoms with Gasteiger partial charge in [0.2, 0.25) is 11.7 Å². The van der Waals surface area contributed by atoms with Crippen LogP contribution in [0.15, 0.2) is 22.0 Å². The third-order valence-corrected chi connectivity index (χ3v) is 6.04. The van der Waals surface area contributed by atoms with E-state index in [1.54, 1.807) is 11.3 Å². The van der Waals surface area contributed by atoms with Gasteiger partial charge in [-0.1, -0.05) is 30.5 Å². The van der Waals surface area contributed by atoms with Crippen LogP contribution in [0.3, 0.4) is 0 Å². The molecule has 1 aliphatic heterocycles. The van der Waals surface area contributed by atoms with Crippen LogP contribution < -0.4 is 5.32 Å². The molecule has 134 valence electrons. The molecule has 2 fully saturated rings. The summed E-state index contributed by atoms with van der Waals surface area (Å²) in [5.41, 5.74) is 0. The molecule has 0 bridgehead atoms. The zero-order chi connectivity index (χ0) is 17.1. The fourth-order valence-electron chi connectivity index (χ4n) is 3.78. The highest BCUT2D eigenvalue weighted by Crippen LogP contribution is 2.29. The first-order valence-corrected chi connectivity index (χ1v) is 10.1. The maximum Gasteiger partial charge on any atom is 0.317 e. The van der Waals surface area contributed by atoms with E-state index in [1.807, 2.05) is 22.4 Å². The van der Waals surface area contributed by atoms with Crippen LogP contribution in [0.5, 0.6) is 0 Å². The van der Waals surface area contributed by atoms with Crippen molar-refractivity contribution in [2.24, 2.45) is 0 Å². The average molecular weight is 360 g/mol. The van der Waals surface area contributed by atoms with E-state index in [-0.39, 0.29) is 11.9 Å². The Morgan fingerprint density at radius 1 is 1.24 bits per heavy atom. The fourth-order valence-corrected chi connectivity index (χ4v) is 4.43. The highest BCUT2D eigenvalue weighted by molar-refractivity contribution is 7.13. The topological polar surface area (TPSA) is 71.3 Å². The monoisotopic (exact) mass is 360 g/mol. The Morgan fingerprint density at radius 2 is 2.12 bits per heavy atom. The van der Waals surface area contributed by atoms with Crippen LogP contribution >= 0.6 is 11.3 Å². The molecule has 2 aromatic heterocycles. The fraction of sp³-hybridized carbons (Fsp3) is 0.611. The summed E-state index contributed by atoms with van der Waals surface area (Å²) in [6.07, 6.45) is 7.91. The van der Waals surface area contributed by atoms with E-state index < -0.39 is 0 Å². The number of thiophene rings is 1. The standard InChI is InChI=1S/C18H24N4O2S/c23-18(19-14-7-2-1-3-8-14)22-10-4-6-13(12-22)17-20-16(21-24-17)15-9-5-11-25-15/h5,9,11,13-14H,1-4,6-8,10,12H2,(H,19,23)/t13-/m1/s1. The maximum absolute atomic E-state index is 12.6. The summed E-state index contributed by atoms with van der Waals surface area (Å²) in [5.74, 6) is 1.43. The minimum Gasteiger partial charge on any atom is -0.339 e. The molecule has 0 radical (unpaired) electrons. The van der Waals surface area contributed by atoms with Crippen molar-refractivity contribution < 1.29 is 9.32 Å². The lowest BCUT2D eigenvalue weighted by molar-refractivity contribution is 0.166. The predicted octanol–water partition coefficient (Wildman–Crippen LogP) is 4.02. The first-order valence-electron chi connectivity index (χ1n) is 9.22. The molecule has 7 heteroatoms. The van der Waals surface area contributed by atoms with E-state index in [0.29, 0.717) is 24.3 Å². The van der Waals surface area contributed by atoms with Crippen LogP contribution in [0.4, 0.5) is 4.79 Å². The normalized spacial score (nSPS) is 22.1. The molecule has 0 spiro atoms. The molecule has 2 amide bonds. The van der Waals surface area contributed by atoms with E-state index >= 15 is 0 Å². The summed E-state index contributed by atoms with van der Waals surface area (Å²) in [4.78, 5) is 20.1. The average Bonchev–Trinajstić information content (AvgIpc) is 3.34. The lowest BCUT2D eigenvalue weighted by Gasteiger charge is -2.33. The third kappa shape index (κ3) is 3.86. The first-order chi connectivity index (χ1) is 12.3. The van der Waals surface area contributed by atoms with Gasteiger partial charge in [-0.2, -0.15) is 4.98 Å². The highest BCUT2D eigenvalue weighted by atomic mass is 32.1. The number of hydrogen-bond donors (Lipinski definition) is 1. The van der Waals surface area contributed by atoms with Crippen LogP contribution in [-0.4, -0.2) is 40.2 Å². The number of hydrogen-bond acceptors (Lipinski definition) is 5. The third-order valence-electron chi connectivity index (χ3n) is 5.17. The Labute approximate surface area is 151 Å². The summed E-state index contributed by atoms with van der Waals surface area (Å²) in [7, 11) is 0. The van der Waals surface area contributed by atoms with Gasteiger partial charge in [-0.15, -0.1) is 11.3 Å². The molecule has 0 aromatic carbocycles. The maximum atomic E-state index is 12.6. The van der Waals surface area contributed by atoms with Crippen molar-refractivity contribution in [3.63, 3.8) is 0 Å². The second kappa shape index (κ2) is 7.56. The summed E-state index contributed by atoms with van der Waals surface area (Å²) in [6, 6.07) is 4.38. The highest BCUT2D eigenvalue weighted by Gasteiger charge is 2.29. The van der Waals surface area contributed by atoms with Crippen molar-refractivity contribution in [1.82, 2.24) is 20.4 Å². The van der Waals surface area contributed by atoms with Crippen LogP contribution in [0.1, 0.15) is 56.8 Å². The van der Waals surface area contributed by atoms with Crippen molar-refractivity contribution in [1.29, 1.82) is 0 Å². The molecular weight excluding hydrogens is 336 g/mol. The van der Waals surface area contributed by atoms with E-state index in [9.17, 15) is 4.79 Å². The van der Waals surface area contributed by atoms with E-state index in [0.717, 1.165) is 37.1 Å². The first kappa shape index (κ1) is 16.6. The number of aromatic nitrogens is 2. The molecule has 1 saturated heterocycles. The molecule has 2 aromatic rings. The Balaban J connectivity index is 1.38. The second-order valence-electron chi connectivity index (χ2n) is 7.00. The van der Waals surface area contributed by atoms with Crippen LogP contribution in [0.2, 0.25) is 0 Å². The molecule has 1 atom stereocenters. The van der Waals surface area contributed by atoms with Crippen LogP contribution in [-0.2, 0) is 0 Å². The van der Waals surface area contributed by atoms with Gasteiger partial charge in [-0.05, 0) is 37.1 Å². The van der Waals surface area contributed by atoms with Crippen molar-refractivity contribution >= 4 is 17.4 Å². The molecule has 1 N–H and O–H groups in total. The summed E-state index contributed by atoms with van der Waals surface area (Å²) in [5, 5.41) is 9.32. The zero-order valence-corrected chi connectivity index (χ0v) is 15.1. The van der Waals surface area contributed by atoms with Crippen molar-refractivity contribution in [2.45, 2.75) is 56.9 Å². The smallest absolute Gasteiger partial charge is 0.317 e. The van der Waals surface area contributed by atoms with Crippen molar-refractivity contribution in [2.75, 3.05) is 13.1 Å². The van der Waals surface area contributed by atoms with E-state index in [2.05, 4.69) is 15.5 Å². The molecule has 2 aliphatic rings. The van der Waals surface area contributed by atoms with Crippen LogP contribution in [0, 0.1) is 0 Å². The molecule has 4 rings (SSSR count). The van der Waals surface area contributed by atoms with Gasteiger partial charge < -0.3 is 14.7 Å². The van der Waals surface area contributed by atoms with Gasteiger partial charge in [-0.25, -0.2) is 4.79 Å². The van der Waals surface area contributed by atoms with Gasteiger partial charge in [0.15, 0.2) is 0 Å². The number of nitrogens with zero attached hydrogens (tertiary/aromatic N) is 3. The van der Waals surface area contributed by atoms with E-state index in [4.69, 9.17) is 4.52 Å². The van der Waals surface area contributed by atoms with Crippen molar-refractivity contribution in [3.05, 3.63) is 23.4 Å². The predicted molar refractivity (Wildman–Crippen MR) is 96.6 cm³/mol. The van der Waals surface area contributed by atoms with Gasteiger partial charge in [-0.3, -0.25) is 0 Å². The number of carbonyl (C=O) groups is 1. The van der Waals surface area contributed by atoms with E-state index in [1.165, 1.54) is 19.3 Å².